The Hall–Kier alpha value is -2.49. The molecular formula is C22H22FN5OS2. The van der Waals surface area contributed by atoms with Gasteiger partial charge in [-0.2, -0.15) is 0 Å². The van der Waals surface area contributed by atoms with E-state index in [4.69, 9.17) is 4.42 Å². The van der Waals surface area contributed by atoms with Crippen molar-refractivity contribution in [2.75, 3.05) is 13.1 Å². The third-order valence-electron chi connectivity index (χ3n) is 5.23. The lowest BCUT2D eigenvalue weighted by Gasteiger charge is -2.26. The standard InChI is InChI=1S/C22H22FN5OS2/c23-16-6-8-18(9-7-16)28-20(13-27-10-2-1-3-11-27)25-26-22(28)31-15-17-14-30-21(24-17)19-5-4-12-29-19/h4-9,12,14H,1-3,10-11,13,15H2. The van der Waals surface area contributed by atoms with Crippen LogP contribution in [0.25, 0.3) is 16.5 Å². The lowest BCUT2D eigenvalue weighted by Crippen LogP contribution is -2.30. The second-order valence-electron chi connectivity index (χ2n) is 7.46. The van der Waals surface area contributed by atoms with Crippen LogP contribution in [0.1, 0.15) is 30.8 Å². The highest BCUT2D eigenvalue weighted by Gasteiger charge is 2.19. The predicted octanol–water partition coefficient (Wildman–Crippen LogP) is 5.40. The zero-order chi connectivity index (χ0) is 21.0. The number of thiazole rings is 1. The van der Waals surface area contributed by atoms with Gasteiger partial charge in [-0.05, 0) is 62.3 Å². The largest absolute Gasteiger partial charge is 0.462 e. The molecule has 31 heavy (non-hydrogen) atoms. The van der Waals surface area contributed by atoms with Crippen LogP contribution in [-0.2, 0) is 12.3 Å². The van der Waals surface area contributed by atoms with Crippen LogP contribution in [0.15, 0.2) is 57.6 Å². The van der Waals surface area contributed by atoms with Gasteiger partial charge < -0.3 is 4.42 Å². The van der Waals surface area contributed by atoms with Crippen LogP contribution in [0.4, 0.5) is 4.39 Å². The first kappa shape index (κ1) is 20.4. The molecule has 1 saturated heterocycles. The van der Waals surface area contributed by atoms with E-state index in [2.05, 4.69) is 20.1 Å². The molecule has 9 heteroatoms. The smallest absolute Gasteiger partial charge is 0.196 e. The molecule has 1 aromatic carbocycles. The summed E-state index contributed by atoms with van der Waals surface area (Å²) in [5, 5.41) is 12.6. The van der Waals surface area contributed by atoms with Crippen molar-refractivity contribution >= 4 is 23.1 Å². The van der Waals surface area contributed by atoms with E-state index in [0.717, 1.165) is 52.8 Å². The van der Waals surface area contributed by atoms with Crippen LogP contribution in [0.5, 0.6) is 0 Å². The Bertz CT molecular complexity index is 1120. The minimum atomic E-state index is -0.253. The average molecular weight is 456 g/mol. The van der Waals surface area contributed by atoms with E-state index in [1.807, 2.05) is 22.1 Å². The maximum absolute atomic E-state index is 13.5. The molecule has 5 rings (SSSR count). The highest BCUT2D eigenvalue weighted by atomic mass is 32.2. The Balaban J connectivity index is 1.37. The zero-order valence-corrected chi connectivity index (χ0v) is 18.5. The number of halogens is 1. The van der Waals surface area contributed by atoms with Gasteiger partial charge in [0.25, 0.3) is 0 Å². The van der Waals surface area contributed by atoms with Crippen LogP contribution in [0.3, 0.4) is 0 Å². The van der Waals surface area contributed by atoms with Crippen molar-refractivity contribution in [3.8, 4) is 16.5 Å². The molecule has 6 nitrogen and oxygen atoms in total. The van der Waals surface area contributed by atoms with Gasteiger partial charge in [-0.3, -0.25) is 9.47 Å². The van der Waals surface area contributed by atoms with Gasteiger partial charge in [0.1, 0.15) is 5.82 Å². The van der Waals surface area contributed by atoms with Gasteiger partial charge in [-0.25, -0.2) is 9.37 Å². The Morgan fingerprint density at radius 1 is 1.06 bits per heavy atom. The number of hydrogen-bond donors (Lipinski definition) is 0. The van der Waals surface area contributed by atoms with Crippen molar-refractivity contribution in [1.82, 2.24) is 24.6 Å². The lowest BCUT2D eigenvalue weighted by atomic mass is 10.1. The monoisotopic (exact) mass is 455 g/mol. The van der Waals surface area contributed by atoms with Crippen LogP contribution in [-0.4, -0.2) is 37.7 Å². The summed E-state index contributed by atoms with van der Waals surface area (Å²) in [4.78, 5) is 7.09. The topological polar surface area (TPSA) is 60.0 Å². The number of hydrogen-bond acceptors (Lipinski definition) is 7. The first-order chi connectivity index (χ1) is 15.3. The van der Waals surface area contributed by atoms with Crippen molar-refractivity contribution in [1.29, 1.82) is 0 Å². The fourth-order valence-electron chi connectivity index (χ4n) is 3.69. The number of thioether (sulfide) groups is 1. The van der Waals surface area contributed by atoms with Gasteiger partial charge >= 0.3 is 0 Å². The molecule has 0 N–H and O–H groups in total. The fourth-order valence-corrected chi connectivity index (χ4v) is 5.44. The summed E-state index contributed by atoms with van der Waals surface area (Å²) < 4.78 is 21.0. The first-order valence-electron chi connectivity index (χ1n) is 10.3. The van der Waals surface area contributed by atoms with Crippen molar-refractivity contribution in [2.45, 2.75) is 36.7 Å². The highest BCUT2D eigenvalue weighted by Crippen LogP contribution is 2.29. The molecule has 0 unspecified atom stereocenters. The van der Waals surface area contributed by atoms with Gasteiger partial charge in [-0.15, -0.1) is 21.5 Å². The quantitative estimate of drug-likeness (QED) is 0.348. The number of aromatic nitrogens is 4. The van der Waals surface area contributed by atoms with Crippen LogP contribution in [0.2, 0.25) is 0 Å². The van der Waals surface area contributed by atoms with Crippen molar-refractivity contribution in [3.05, 3.63) is 65.4 Å². The normalized spacial score (nSPS) is 14.9. The minimum Gasteiger partial charge on any atom is -0.462 e. The van der Waals surface area contributed by atoms with Crippen LogP contribution < -0.4 is 0 Å². The molecule has 0 aliphatic carbocycles. The summed E-state index contributed by atoms with van der Waals surface area (Å²) in [5.74, 6) is 2.07. The highest BCUT2D eigenvalue weighted by molar-refractivity contribution is 7.98. The van der Waals surface area contributed by atoms with Crippen molar-refractivity contribution < 1.29 is 8.81 Å². The van der Waals surface area contributed by atoms with Crippen molar-refractivity contribution in [3.63, 3.8) is 0 Å². The Morgan fingerprint density at radius 2 is 1.90 bits per heavy atom. The number of piperidine rings is 1. The molecule has 1 aliphatic heterocycles. The van der Waals surface area contributed by atoms with Gasteiger partial charge in [0.15, 0.2) is 21.7 Å². The molecule has 0 spiro atoms. The summed E-state index contributed by atoms with van der Waals surface area (Å²) in [6.45, 7) is 2.89. The van der Waals surface area contributed by atoms with Crippen LogP contribution >= 0.6 is 23.1 Å². The Labute approximate surface area is 188 Å². The van der Waals surface area contributed by atoms with Crippen molar-refractivity contribution in [2.24, 2.45) is 0 Å². The van der Waals surface area contributed by atoms with E-state index < -0.39 is 0 Å². The zero-order valence-electron chi connectivity index (χ0n) is 16.9. The molecule has 1 fully saturated rings. The molecule has 0 atom stereocenters. The van der Waals surface area contributed by atoms with Gasteiger partial charge in [-0.1, -0.05) is 18.2 Å². The maximum atomic E-state index is 13.5. The number of benzene rings is 1. The molecule has 0 radical (unpaired) electrons. The van der Waals surface area contributed by atoms with E-state index in [9.17, 15) is 4.39 Å². The van der Waals surface area contributed by atoms with E-state index in [1.54, 1.807) is 41.5 Å². The number of rotatable bonds is 7. The molecule has 0 saturated carbocycles. The average Bonchev–Trinajstić information content (AvgIpc) is 3.55. The minimum absolute atomic E-state index is 0.253. The molecule has 1 aliphatic rings. The fraction of sp³-hybridized carbons (Fsp3) is 0.318. The van der Waals surface area contributed by atoms with Gasteiger partial charge in [0, 0.05) is 16.8 Å². The Kier molecular flexibility index (Phi) is 6.15. The van der Waals surface area contributed by atoms with E-state index in [1.165, 1.54) is 31.4 Å². The SMILES string of the molecule is Fc1ccc(-n2c(CN3CCCCC3)nnc2SCc2csc(-c3ccco3)n2)cc1. The third kappa shape index (κ3) is 4.73. The molecule has 3 aromatic heterocycles. The molecule has 4 aromatic rings. The van der Waals surface area contributed by atoms with E-state index in [-0.39, 0.29) is 5.82 Å². The Morgan fingerprint density at radius 3 is 2.68 bits per heavy atom. The summed E-state index contributed by atoms with van der Waals surface area (Å²) in [6.07, 6.45) is 5.37. The summed E-state index contributed by atoms with van der Waals surface area (Å²) in [6, 6.07) is 10.3. The number of nitrogens with zero attached hydrogens (tertiary/aromatic N) is 5. The third-order valence-corrected chi connectivity index (χ3v) is 7.10. The second kappa shape index (κ2) is 9.33. The summed E-state index contributed by atoms with van der Waals surface area (Å²) in [5.41, 5.74) is 1.84. The lowest BCUT2D eigenvalue weighted by molar-refractivity contribution is 0.214. The van der Waals surface area contributed by atoms with E-state index in [0.29, 0.717) is 5.75 Å². The predicted molar refractivity (Wildman–Crippen MR) is 120 cm³/mol. The van der Waals surface area contributed by atoms with Gasteiger partial charge in [0.05, 0.1) is 18.5 Å². The summed E-state index contributed by atoms with van der Waals surface area (Å²) in [7, 11) is 0. The summed E-state index contributed by atoms with van der Waals surface area (Å²) >= 11 is 3.15. The molecule has 0 amide bonds. The van der Waals surface area contributed by atoms with E-state index >= 15 is 0 Å². The molecule has 0 bridgehead atoms. The number of furan rings is 1. The molecule has 160 valence electrons. The molecular weight excluding hydrogens is 433 g/mol. The first-order valence-corrected chi connectivity index (χ1v) is 12.2. The molecule has 4 heterocycles. The van der Waals surface area contributed by atoms with Gasteiger partial charge in [0.2, 0.25) is 0 Å². The second-order valence-corrected chi connectivity index (χ2v) is 9.26. The van der Waals surface area contributed by atoms with Crippen LogP contribution in [0, 0.1) is 5.82 Å². The number of likely N-dealkylation sites (tertiary alicyclic amines) is 1. The maximum Gasteiger partial charge on any atom is 0.196 e.